The van der Waals surface area contributed by atoms with Crippen molar-refractivity contribution in [2.45, 2.75) is 50.7 Å². The molecular weight excluding hydrogens is 190 g/mol. The van der Waals surface area contributed by atoms with Crippen molar-refractivity contribution in [3.63, 3.8) is 0 Å². The van der Waals surface area contributed by atoms with Gasteiger partial charge >= 0.3 is 0 Å². The highest BCUT2D eigenvalue weighted by atomic mass is 16.5. The Kier molecular flexibility index (Phi) is 3.32. The van der Waals surface area contributed by atoms with E-state index in [0.717, 1.165) is 51.0 Å². The van der Waals surface area contributed by atoms with Gasteiger partial charge < -0.3 is 15.2 Å². The predicted octanol–water partition coefficient (Wildman–Crippen LogP) is 1.57. The highest BCUT2D eigenvalue weighted by Crippen LogP contribution is 2.36. The molecule has 0 bridgehead atoms. The summed E-state index contributed by atoms with van der Waals surface area (Å²) in [5, 5.41) is 13.9. The molecule has 0 aromatic heterocycles. The van der Waals surface area contributed by atoms with Crippen molar-refractivity contribution in [3.8, 4) is 0 Å². The van der Waals surface area contributed by atoms with Crippen LogP contribution in [0, 0.1) is 0 Å². The lowest BCUT2D eigenvalue weighted by molar-refractivity contribution is -0.0156. The largest absolute Gasteiger partial charge is 0.495 e. The van der Waals surface area contributed by atoms with E-state index in [9.17, 15) is 5.11 Å². The van der Waals surface area contributed by atoms with Crippen LogP contribution in [0.1, 0.15) is 39.0 Å². The number of rotatable bonds is 3. The van der Waals surface area contributed by atoms with E-state index in [1.54, 1.807) is 0 Å². The van der Waals surface area contributed by atoms with Gasteiger partial charge in [0.05, 0.1) is 6.61 Å². The molecule has 1 fully saturated rings. The fourth-order valence-corrected chi connectivity index (χ4v) is 2.58. The number of aliphatic hydroxyl groups is 1. The molecule has 0 atom stereocenters. The lowest BCUT2D eigenvalue weighted by atomic mass is 9.81. The molecule has 2 aliphatic rings. The van der Waals surface area contributed by atoms with Crippen molar-refractivity contribution in [2.75, 3.05) is 13.2 Å². The molecule has 0 aromatic rings. The minimum absolute atomic E-state index is 0.581. The molecule has 0 radical (unpaired) electrons. The third-order valence-corrected chi connectivity index (χ3v) is 3.47. The van der Waals surface area contributed by atoms with Crippen molar-refractivity contribution in [3.05, 3.63) is 11.8 Å². The van der Waals surface area contributed by atoms with Crippen LogP contribution in [0.5, 0.6) is 0 Å². The van der Waals surface area contributed by atoms with Gasteiger partial charge in [0, 0.05) is 12.5 Å². The van der Waals surface area contributed by atoms with Gasteiger partial charge in [-0.05, 0) is 38.3 Å². The summed E-state index contributed by atoms with van der Waals surface area (Å²) >= 11 is 0. The minimum atomic E-state index is -0.664. The third kappa shape index (κ3) is 2.34. The first-order chi connectivity index (χ1) is 7.24. The molecule has 1 aliphatic carbocycles. The van der Waals surface area contributed by atoms with E-state index in [4.69, 9.17) is 4.74 Å². The first kappa shape index (κ1) is 11.0. The highest BCUT2D eigenvalue weighted by molar-refractivity contribution is 5.14. The van der Waals surface area contributed by atoms with E-state index in [-0.39, 0.29) is 0 Å². The molecular formula is C12H21NO2. The third-order valence-electron chi connectivity index (χ3n) is 3.47. The Morgan fingerprint density at radius 1 is 1.53 bits per heavy atom. The summed E-state index contributed by atoms with van der Waals surface area (Å²) < 4.78 is 5.48. The Morgan fingerprint density at radius 2 is 2.27 bits per heavy atom. The van der Waals surface area contributed by atoms with Crippen molar-refractivity contribution < 1.29 is 9.84 Å². The predicted molar refractivity (Wildman–Crippen MR) is 59.5 cm³/mol. The molecule has 2 rings (SSSR count). The van der Waals surface area contributed by atoms with E-state index in [1.807, 2.05) is 6.08 Å². The molecule has 1 aliphatic heterocycles. The summed E-state index contributed by atoms with van der Waals surface area (Å²) in [6.45, 7) is 3.89. The molecule has 0 saturated heterocycles. The maximum atomic E-state index is 10.4. The summed E-state index contributed by atoms with van der Waals surface area (Å²) in [7, 11) is 0. The standard InChI is InChI=1S/C12H21NO2/c1-2-13-10-5-7-12(14,8-6-10)11-4-3-9-15-11/h4,10,13-14H,2-3,5-9H2,1H3. The molecule has 3 heteroatoms. The quantitative estimate of drug-likeness (QED) is 0.744. The van der Waals surface area contributed by atoms with E-state index in [1.165, 1.54) is 0 Å². The molecule has 15 heavy (non-hydrogen) atoms. The molecule has 86 valence electrons. The van der Waals surface area contributed by atoms with Gasteiger partial charge in [-0.1, -0.05) is 6.92 Å². The van der Waals surface area contributed by atoms with Gasteiger partial charge in [0.1, 0.15) is 11.4 Å². The summed E-state index contributed by atoms with van der Waals surface area (Å²) in [5.41, 5.74) is -0.664. The first-order valence-corrected chi connectivity index (χ1v) is 6.04. The molecule has 1 heterocycles. The summed E-state index contributed by atoms with van der Waals surface area (Å²) in [6.07, 6.45) is 6.75. The molecule has 0 amide bonds. The Labute approximate surface area is 91.5 Å². The Morgan fingerprint density at radius 3 is 2.80 bits per heavy atom. The van der Waals surface area contributed by atoms with Crippen LogP contribution in [0.3, 0.4) is 0 Å². The van der Waals surface area contributed by atoms with Crippen LogP contribution in [0.2, 0.25) is 0 Å². The second kappa shape index (κ2) is 4.54. The lowest BCUT2D eigenvalue weighted by Crippen LogP contribution is -2.42. The van der Waals surface area contributed by atoms with Gasteiger partial charge in [-0.2, -0.15) is 0 Å². The van der Waals surface area contributed by atoms with Gasteiger partial charge in [0.15, 0.2) is 0 Å². The van der Waals surface area contributed by atoms with Gasteiger partial charge in [0.25, 0.3) is 0 Å². The molecule has 0 spiro atoms. The summed E-state index contributed by atoms with van der Waals surface area (Å²) in [4.78, 5) is 0. The smallest absolute Gasteiger partial charge is 0.124 e. The van der Waals surface area contributed by atoms with Crippen molar-refractivity contribution >= 4 is 0 Å². The second-order valence-corrected chi connectivity index (χ2v) is 4.57. The zero-order valence-corrected chi connectivity index (χ0v) is 9.46. The van der Waals surface area contributed by atoms with Crippen LogP contribution in [0.15, 0.2) is 11.8 Å². The number of ether oxygens (including phenoxy) is 1. The fourth-order valence-electron chi connectivity index (χ4n) is 2.58. The fraction of sp³-hybridized carbons (Fsp3) is 0.833. The Bertz CT molecular complexity index is 242. The second-order valence-electron chi connectivity index (χ2n) is 4.57. The van der Waals surface area contributed by atoms with E-state index >= 15 is 0 Å². The van der Waals surface area contributed by atoms with Crippen LogP contribution in [0.25, 0.3) is 0 Å². The molecule has 0 unspecified atom stereocenters. The van der Waals surface area contributed by atoms with Crippen LogP contribution >= 0.6 is 0 Å². The van der Waals surface area contributed by atoms with Crippen LogP contribution in [-0.4, -0.2) is 29.9 Å². The molecule has 0 aromatic carbocycles. The SMILES string of the molecule is CCNC1CCC(O)(C2=CCCO2)CC1. The van der Waals surface area contributed by atoms with E-state index in [2.05, 4.69) is 12.2 Å². The van der Waals surface area contributed by atoms with Gasteiger partial charge in [-0.3, -0.25) is 0 Å². The average molecular weight is 211 g/mol. The number of hydrogen-bond donors (Lipinski definition) is 2. The topological polar surface area (TPSA) is 41.5 Å². The summed E-state index contributed by atoms with van der Waals surface area (Å²) in [6, 6.07) is 0.581. The van der Waals surface area contributed by atoms with Crippen LogP contribution in [-0.2, 0) is 4.74 Å². The van der Waals surface area contributed by atoms with Gasteiger partial charge in [0.2, 0.25) is 0 Å². The van der Waals surface area contributed by atoms with Crippen molar-refractivity contribution in [2.24, 2.45) is 0 Å². The average Bonchev–Trinajstić information content (AvgIpc) is 2.76. The Hall–Kier alpha value is -0.540. The molecule has 2 N–H and O–H groups in total. The summed E-state index contributed by atoms with van der Waals surface area (Å²) in [5.74, 6) is 0.831. The van der Waals surface area contributed by atoms with E-state index < -0.39 is 5.60 Å². The molecule has 3 nitrogen and oxygen atoms in total. The van der Waals surface area contributed by atoms with Crippen LogP contribution in [0.4, 0.5) is 0 Å². The van der Waals surface area contributed by atoms with Gasteiger partial charge in [-0.25, -0.2) is 0 Å². The maximum absolute atomic E-state index is 10.4. The lowest BCUT2D eigenvalue weighted by Gasteiger charge is -2.36. The number of hydrogen-bond acceptors (Lipinski definition) is 3. The van der Waals surface area contributed by atoms with Gasteiger partial charge in [-0.15, -0.1) is 0 Å². The minimum Gasteiger partial charge on any atom is -0.495 e. The Balaban J connectivity index is 1.90. The monoisotopic (exact) mass is 211 g/mol. The zero-order chi connectivity index (χ0) is 10.7. The molecule has 1 saturated carbocycles. The highest BCUT2D eigenvalue weighted by Gasteiger charge is 2.38. The van der Waals surface area contributed by atoms with Crippen molar-refractivity contribution in [1.82, 2.24) is 5.32 Å². The first-order valence-electron chi connectivity index (χ1n) is 6.04. The zero-order valence-electron chi connectivity index (χ0n) is 9.46. The van der Waals surface area contributed by atoms with Crippen LogP contribution < -0.4 is 5.32 Å². The van der Waals surface area contributed by atoms with E-state index in [0.29, 0.717) is 6.04 Å². The normalized spacial score (nSPS) is 36.1. The maximum Gasteiger partial charge on any atom is 0.124 e. The van der Waals surface area contributed by atoms with Crippen molar-refractivity contribution in [1.29, 1.82) is 0 Å². The number of nitrogens with one attached hydrogen (secondary N) is 1.